The van der Waals surface area contributed by atoms with Crippen molar-refractivity contribution < 1.29 is 21.9 Å². The lowest BCUT2D eigenvalue weighted by Crippen LogP contribution is -2.18. The van der Waals surface area contributed by atoms with Crippen LogP contribution in [0.3, 0.4) is 0 Å². The summed E-state index contributed by atoms with van der Waals surface area (Å²) in [4.78, 5) is 19.6. The van der Waals surface area contributed by atoms with Crippen LogP contribution in [-0.4, -0.2) is 28.9 Å². The van der Waals surface area contributed by atoms with Gasteiger partial charge in [0.2, 0.25) is 9.84 Å². The minimum absolute atomic E-state index is 0.159. The molecule has 0 aliphatic rings. The SMILES string of the molecule is Cc1cc(-c2ncc(S(=O)(=O)COc3ccc(F)cc3F)cn2)cn(C)c1=O. The summed E-state index contributed by atoms with van der Waals surface area (Å²) < 4.78 is 57.4. The van der Waals surface area contributed by atoms with E-state index < -0.39 is 27.4 Å². The Morgan fingerprint density at radius 2 is 1.82 bits per heavy atom. The maximum atomic E-state index is 13.6. The van der Waals surface area contributed by atoms with E-state index in [1.807, 2.05) is 0 Å². The third-order valence-corrected chi connectivity index (χ3v) is 5.23. The minimum Gasteiger partial charge on any atom is -0.474 e. The molecule has 3 aromatic rings. The van der Waals surface area contributed by atoms with Gasteiger partial charge in [0.1, 0.15) is 10.7 Å². The first-order valence-corrected chi connectivity index (χ1v) is 9.63. The first-order chi connectivity index (χ1) is 13.2. The number of aromatic nitrogens is 3. The summed E-state index contributed by atoms with van der Waals surface area (Å²) in [5, 5.41) is 0. The second kappa shape index (κ2) is 7.47. The van der Waals surface area contributed by atoms with Crippen molar-refractivity contribution in [1.29, 1.82) is 0 Å². The van der Waals surface area contributed by atoms with Crippen molar-refractivity contribution >= 4 is 9.84 Å². The lowest BCUT2D eigenvalue weighted by Gasteiger charge is -2.09. The smallest absolute Gasteiger partial charge is 0.253 e. The third-order valence-electron chi connectivity index (χ3n) is 3.87. The van der Waals surface area contributed by atoms with Crippen molar-refractivity contribution in [2.45, 2.75) is 11.8 Å². The van der Waals surface area contributed by atoms with Gasteiger partial charge in [0, 0.05) is 42.8 Å². The molecule has 0 fully saturated rings. The number of benzene rings is 1. The average Bonchev–Trinajstić information content (AvgIpc) is 2.65. The summed E-state index contributed by atoms with van der Waals surface area (Å²) in [5.74, 6) is -2.82. The molecule has 0 spiro atoms. The number of halogens is 2. The maximum Gasteiger partial charge on any atom is 0.253 e. The number of nitrogens with zero attached hydrogens (tertiary/aromatic N) is 3. The number of aryl methyl sites for hydroxylation is 2. The number of hydrogen-bond donors (Lipinski definition) is 0. The largest absolute Gasteiger partial charge is 0.474 e. The zero-order valence-corrected chi connectivity index (χ0v) is 15.7. The second-order valence-electron chi connectivity index (χ2n) is 6.02. The normalized spacial score (nSPS) is 11.4. The van der Waals surface area contributed by atoms with Crippen molar-refractivity contribution in [3.8, 4) is 17.1 Å². The van der Waals surface area contributed by atoms with Gasteiger partial charge in [-0.3, -0.25) is 4.79 Å². The number of rotatable bonds is 5. The molecule has 0 saturated carbocycles. The number of hydrogen-bond acceptors (Lipinski definition) is 6. The van der Waals surface area contributed by atoms with Crippen molar-refractivity contribution in [1.82, 2.24) is 14.5 Å². The van der Waals surface area contributed by atoms with E-state index in [1.54, 1.807) is 26.2 Å². The molecule has 1 aromatic carbocycles. The molecule has 0 bridgehead atoms. The molecule has 0 aliphatic heterocycles. The highest BCUT2D eigenvalue weighted by atomic mass is 32.2. The molecule has 146 valence electrons. The molecule has 0 atom stereocenters. The summed E-state index contributed by atoms with van der Waals surface area (Å²) in [6.07, 6.45) is 3.74. The molecule has 0 amide bonds. The predicted molar refractivity (Wildman–Crippen MR) is 96.5 cm³/mol. The van der Waals surface area contributed by atoms with Crippen LogP contribution in [0.25, 0.3) is 11.4 Å². The van der Waals surface area contributed by atoms with Crippen LogP contribution in [0.1, 0.15) is 5.56 Å². The molecule has 0 unspecified atom stereocenters. The van der Waals surface area contributed by atoms with Gasteiger partial charge in [-0.05, 0) is 25.1 Å². The van der Waals surface area contributed by atoms with Gasteiger partial charge in [-0.2, -0.15) is 0 Å². The highest BCUT2D eigenvalue weighted by molar-refractivity contribution is 7.91. The van der Waals surface area contributed by atoms with E-state index >= 15 is 0 Å². The van der Waals surface area contributed by atoms with Crippen LogP contribution in [0.5, 0.6) is 5.75 Å². The maximum absolute atomic E-state index is 13.6. The molecule has 7 nitrogen and oxygen atoms in total. The average molecular weight is 407 g/mol. The first-order valence-electron chi connectivity index (χ1n) is 7.98. The van der Waals surface area contributed by atoms with Crippen molar-refractivity contribution in [2.75, 3.05) is 5.94 Å². The van der Waals surface area contributed by atoms with Gasteiger partial charge < -0.3 is 9.30 Å². The van der Waals surface area contributed by atoms with Crippen LogP contribution in [0.2, 0.25) is 0 Å². The molecule has 10 heteroatoms. The Hall–Kier alpha value is -3.14. The zero-order chi connectivity index (χ0) is 20.5. The van der Waals surface area contributed by atoms with Gasteiger partial charge in [-0.25, -0.2) is 27.2 Å². The van der Waals surface area contributed by atoms with Crippen LogP contribution in [0.4, 0.5) is 8.78 Å². The highest BCUT2D eigenvalue weighted by Crippen LogP contribution is 2.20. The van der Waals surface area contributed by atoms with Gasteiger partial charge in [0.25, 0.3) is 5.56 Å². The van der Waals surface area contributed by atoms with E-state index in [4.69, 9.17) is 4.74 Å². The fourth-order valence-electron chi connectivity index (χ4n) is 2.43. The molecule has 28 heavy (non-hydrogen) atoms. The monoisotopic (exact) mass is 407 g/mol. The highest BCUT2D eigenvalue weighted by Gasteiger charge is 2.18. The Kier molecular flexibility index (Phi) is 5.23. The number of ether oxygens (including phenoxy) is 1. The van der Waals surface area contributed by atoms with Crippen LogP contribution in [-0.2, 0) is 16.9 Å². The molecule has 2 heterocycles. The quantitative estimate of drug-likeness (QED) is 0.644. The van der Waals surface area contributed by atoms with Gasteiger partial charge in [-0.1, -0.05) is 0 Å². The van der Waals surface area contributed by atoms with Gasteiger partial charge in [0.05, 0.1) is 0 Å². The summed E-state index contributed by atoms with van der Waals surface area (Å²) in [6.45, 7) is 1.65. The molecule has 0 aliphatic carbocycles. The van der Waals surface area contributed by atoms with Crippen LogP contribution in [0, 0.1) is 18.6 Å². The Labute approximate surface area is 159 Å². The van der Waals surface area contributed by atoms with Gasteiger partial charge >= 0.3 is 0 Å². The first kappa shape index (κ1) is 19.6. The number of sulfone groups is 1. The lowest BCUT2D eigenvalue weighted by atomic mass is 10.2. The van der Waals surface area contributed by atoms with E-state index in [2.05, 4.69) is 9.97 Å². The molecular weight excluding hydrogens is 392 g/mol. The van der Waals surface area contributed by atoms with Gasteiger partial charge in [0.15, 0.2) is 23.3 Å². The van der Waals surface area contributed by atoms with Crippen molar-refractivity contribution in [2.24, 2.45) is 7.05 Å². The van der Waals surface area contributed by atoms with E-state index in [-0.39, 0.29) is 22.0 Å². The molecule has 0 N–H and O–H groups in total. The Morgan fingerprint density at radius 1 is 1.14 bits per heavy atom. The Bertz CT molecular complexity index is 1170. The van der Waals surface area contributed by atoms with Crippen molar-refractivity contribution in [3.05, 3.63) is 70.4 Å². The predicted octanol–water partition coefficient (Wildman–Crippen LogP) is 2.24. The standard InChI is InChI=1S/C18H15F2N3O4S/c1-11-5-12(9-23(2)18(11)24)17-21-7-14(8-22-17)28(25,26)10-27-16-4-3-13(19)6-15(16)20/h3-9H,10H2,1-2H3. The molecule has 2 aromatic heterocycles. The molecule has 0 radical (unpaired) electrons. The van der Waals surface area contributed by atoms with E-state index in [0.717, 1.165) is 24.5 Å². The third kappa shape index (κ3) is 4.06. The fourth-order valence-corrected chi connectivity index (χ4v) is 3.27. The molecule has 3 rings (SSSR count). The Balaban J connectivity index is 1.81. The topological polar surface area (TPSA) is 91.2 Å². The summed E-state index contributed by atoms with van der Waals surface area (Å²) >= 11 is 0. The van der Waals surface area contributed by atoms with Crippen molar-refractivity contribution in [3.63, 3.8) is 0 Å². The summed E-state index contributed by atoms with van der Waals surface area (Å²) in [7, 11) is -2.38. The molecular formula is C18H15F2N3O4S. The summed E-state index contributed by atoms with van der Waals surface area (Å²) in [6, 6.07) is 4.15. The van der Waals surface area contributed by atoms with Gasteiger partial charge in [-0.15, -0.1) is 0 Å². The van der Waals surface area contributed by atoms with E-state index in [0.29, 0.717) is 17.2 Å². The van der Waals surface area contributed by atoms with Crippen LogP contribution < -0.4 is 10.3 Å². The minimum atomic E-state index is -3.97. The lowest BCUT2D eigenvalue weighted by molar-refractivity contribution is 0.353. The Morgan fingerprint density at radius 3 is 2.43 bits per heavy atom. The van der Waals surface area contributed by atoms with E-state index in [1.165, 1.54) is 4.57 Å². The zero-order valence-electron chi connectivity index (χ0n) is 14.9. The molecule has 0 saturated heterocycles. The fraction of sp³-hybridized carbons (Fsp3) is 0.167. The number of pyridine rings is 1. The summed E-state index contributed by atoms with van der Waals surface area (Å²) in [5.41, 5.74) is 0.885. The van der Waals surface area contributed by atoms with E-state index in [9.17, 15) is 22.0 Å². The van der Waals surface area contributed by atoms with Crippen LogP contribution >= 0.6 is 0 Å². The van der Waals surface area contributed by atoms with Crippen LogP contribution in [0.15, 0.2) is 52.5 Å². The second-order valence-corrected chi connectivity index (χ2v) is 7.96.